The Kier molecular flexibility index (Phi) is 4.39. The third-order valence-electron chi connectivity index (χ3n) is 4.30. The third kappa shape index (κ3) is 3.34. The number of epoxide rings is 1. The van der Waals surface area contributed by atoms with Gasteiger partial charge in [0.2, 0.25) is 0 Å². The van der Waals surface area contributed by atoms with E-state index >= 15 is 0 Å². The van der Waals surface area contributed by atoms with Gasteiger partial charge in [-0.05, 0) is 13.0 Å². The SMILES string of the molecule is Cn1c(C(F)(F)F)cc(=O)n(-c2c(F)cc(Cl)c(O)c2CC2(C)CO2)c1=O. The van der Waals surface area contributed by atoms with Gasteiger partial charge in [-0.1, -0.05) is 11.6 Å². The fourth-order valence-electron chi connectivity index (χ4n) is 2.76. The van der Waals surface area contributed by atoms with Gasteiger partial charge in [0, 0.05) is 25.1 Å². The topological polar surface area (TPSA) is 76.8 Å². The van der Waals surface area contributed by atoms with Crippen LogP contribution in [0.25, 0.3) is 5.69 Å². The van der Waals surface area contributed by atoms with E-state index in [0.717, 1.165) is 7.05 Å². The lowest BCUT2D eigenvalue weighted by atomic mass is 9.98. The Morgan fingerprint density at radius 3 is 2.44 bits per heavy atom. The van der Waals surface area contributed by atoms with Crippen molar-refractivity contribution in [1.29, 1.82) is 0 Å². The zero-order valence-corrected chi connectivity index (χ0v) is 14.8. The van der Waals surface area contributed by atoms with E-state index in [0.29, 0.717) is 6.07 Å². The van der Waals surface area contributed by atoms with E-state index in [9.17, 15) is 32.3 Å². The van der Waals surface area contributed by atoms with Gasteiger partial charge in [0.1, 0.15) is 17.3 Å². The number of phenolic OH excluding ortho intramolecular Hbond substituents is 1. The highest BCUT2D eigenvalue weighted by molar-refractivity contribution is 6.32. The molecule has 0 saturated carbocycles. The van der Waals surface area contributed by atoms with Crippen LogP contribution in [0.5, 0.6) is 5.75 Å². The quantitative estimate of drug-likeness (QED) is 0.625. The van der Waals surface area contributed by atoms with Gasteiger partial charge in [-0.2, -0.15) is 13.2 Å². The first-order valence-corrected chi connectivity index (χ1v) is 7.98. The fraction of sp³-hybridized carbons (Fsp3) is 0.375. The molecule has 0 amide bonds. The molecule has 1 aliphatic rings. The van der Waals surface area contributed by atoms with Gasteiger partial charge in [-0.3, -0.25) is 9.36 Å². The summed E-state index contributed by atoms with van der Waals surface area (Å²) in [5, 5.41) is 9.86. The van der Waals surface area contributed by atoms with Gasteiger partial charge in [-0.25, -0.2) is 13.8 Å². The van der Waals surface area contributed by atoms with E-state index in [1.807, 2.05) is 0 Å². The van der Waals surface area contributed by atoms with Gasteiger partial charge in [0.25, 0.3) is 5.56 Å². The largest absolute Gasteiger partial charge is 0.506 e. The molecular formula is C16H13ClF4N2O4. The summed E-state index contributed by atoms with van der Waals surface area (Å²) in [7, 11) is 0.805. The highest BCUT2D eigenvalue weighted by Gasteiger charge is 2.42. The molecule has 1 unspecified atom stereocenters. The van der Waals surface area contributed by atoms with Crippen LogP contribution in [-0.4, -0.2) is 26.4 Å². The third-order valence-corrected chi connectivity index (χ3v) is 4.59. The monoisotopic (exact) mass is 408 g/mol. The molecule has 1 aliphatic heterocycles. The molecule has 1 aromatic heterocycles. The molecule has 3 rings (SSSR count). The molecule has 6 nitrogen and oxygen atoms in total. The summed E-state index contributed by atoms with van der Waals surface area (Å²) in [6.07, 6.45) is -5.06. The summed E-state index contributed by atoms with van der Waals surface area (Å²) in [5.41, 5.74) is -5.93. The fourth-order valence-corrected chi connectivity index (χ4v) is 2.97. The second-order valence-corrected chi connectivity index (χ2v) is 6.88. The zero-order chi connectivity index (χ0) is 20.3. The Bertz CT molecular complexity index is 1050. The predicted molar refractivity (Wildman–Crippen MR) is 87.0 cm³/mol. The van der Waals surface area contributed by atoms with Crippen molar-refractivity contribution in [3.8, 4) is 11.4 Å². The second kappa shape index (κ2) is 6.10. The van der Waals surface area contributed by atoms with Gasteiger partial charge >= 0.3 is 11.9 Å². The maximum Gasteiger partial charge on any atom is 0.431 e. The van der Waals surface area contributed by atoms with Crippen molar-refractivity contribution in [1.82, 2.24) is 9.13 Å². The van der Waals surface area contributed by atoms with Crippen molar-refractivity contribution in [3.63, 3.8) is 0 Å². The molecule has 0 aliphatic carbocycles. The number of phenols is 1. The Hall–Kier alpha value is -2.33. The first-order valence-electron chi connectivity index (χ1n) is 7.60. The molecule has 1 fully saturated rings. The number of hydrogen-bond donors (Lipinski definition) is 1. The highest BCUT2D eigenvalue weighted by Crippen LogP contribution is 2.40. The molecule has 2 heterocycles. The summed E-state index contributed by atoms with van der Waals surface area (Å²) in [4.78, 5) is 24.7. The molecule has 11 heteroatoms. The van der Waals surface area contributed by atoms with Gasteiger partial charge in [-0.15, -0.1) is 0 Å². The van der Waals surface area contributed by atoms with Crippen LogP contribution in [-0.2, 0) is 24.4 Å². The van der Waals surface area contributed by atoms with Crippen molar-refractivity contribution in [3.05, 3.63) is 55.1 Å². The molecule has 27 heavy (non-hydrogen) atoms. The van der Waals surface area contributed by atoms with Gasteiger partial charge in [0.15, 0.2) is 0 Å². The predicted octanol–water partition coefficient (Wildman–Crippen LogP) is 2.38. The second-order valence-electron chi connectivity index (χ2n) is 6.47. The number of nitrogens with zero attached hydrogens (tertiary/aromatic N) is 2. The van der Waals surface area contributed by atoms with Crippen LogP contribution >= 0.6 is 11.6 Å². The van der Waals surface area contributed by atoms with Crippen LogP contribution in [0.2, 0.25) is 5.02 Å². The number of alkyl halides is 3. The van der Waals surface area contributed by atoms with Crippen LogP contribution < -0.4 is 11.2 Å². The van der Waals surface area contributed by atoms with E-state index in [-0.39, 0.29) is 38.8 Å². The first-order chi connectivity index (χ1) is 12.4. The maximum absolute atomic E-state index is 14.6. The Morgan fingerprint density at radius 2 is 1.93 bits per heavy atom. The van der Waals surface area contributed by atoms with E-state index < -0.39 is 46.0 Å². The minimum absolute atomic E-state index is 0.109. The van der Waals surface area contributed by atoms with Crippen LogP contribution in [0.3, 0.4) is 0 Å². The summed E-state index contributed by atoms with van der Waals surface area (Å²) in [5.74, 6) is -1.73. The molecular weight excluding hydrogens is 396 g/mol. The molecule has 1 N–H and O–H groups in total. The normalized spacial score (nSPS) is 19.4. The van der Waals surface area contributed by atoms with Crippen molar-refractivity contribution in [2.45, 2.75) is 25.1 Å². The van der Waals surface area contributed by atoms with E-state index in [1.165, 1.54) is 0 Å². The van der Waals surface area contributed by atoms with Crippen molar-refractivity contribution < 1.29 is 27.4 Å². The van der Waals surface area contributed by atoms with E-state index in [4.69, 9.17) is 16.3 Å². The molecule has 0 bridgehead atoms. The minimum atomic E-state index is -4.95. The van der Waals surface area contributed by atoms with Crippen LogP contribution in [0, 0.1) is 5.82 Å². The van der Waals surface area contributed by atoms with Crippen molar-refractivity contribution in [2.75, 3.05) is 6.61 Å². The van der Waals surface area contributed by atoms with Crippen LogP contribution in [0.4, 0.5) is 17.6 Å². The number of hydrogen-bond acceptors (Lipinski definition) is 4. The van der Waals surface area contributed by atoms with Crippen LogP contribution in [0.15, 0.2) is 21.7 Å². The Balaban J connectivity index is 2.35. The van der Waals surface area contributed by atoms with Crippen molar-refractivity contribution in [2.24, 2.45) is 7.05 Å². The number of ether oxygens (including phenoxy) is 1. The minimum Gasteiger partial charge on any atom is -0.506 e. The first kappa shape index (κ1) is 19.4. The van der Waals surface area contributed by atoms with Gasteiger partial charge < -0.3 is 9.84 Å². The summed E-state index contributed by atoms with van der Waals surface area (Å²) in [6.45, 7) is 1.92. The smallest absolute Gasteiger partial charge is 0.431 e. The Morgan fingerprint density at radius 1 is 1.33 bits per heavy atom. The van der Waals surface area contributed by atoms with E-state index in [1.54, 1.807) is 6.92 Å². The summed E-state index contributed by atoms with van der Waals surface area (Å²) in [6, 6.07) is 0.862. The number of halogens is 5. The summed E-state index contributed by atoms with van der Waals surface area (Å²) < 4.78 is 59.2. The lowest BCUT2D eigenvalue weighted by molar-refractivity contribution is -0.144. The molecule has 0 radical (unpaired) electrons. The molecule has 1 saturated heterocycles. The lowest BCUT2D eigenvalue weighted by Gasteiger charge is -2.18. The standard InChI is InChI=1S/C16H13ClF4N2O4/c1-15(6-27-15)5-7-12(9(18)3-8(17)13(7)25)23-11(24)4-10(16(19,20)21)22(2)14(23)26/h3-4,25H,5-6H2,1-2H3. The highest BCUT2D eigenvalue weighted by atomic mass is 35.5. The Labute approximate surface area is 154 Å². The van der Waals surface area contributed by atoms with Crippen molar-refractivity contribution >= 4 is 11.6 Å². The number of benzene rings is 1. The number of aromatic hydroxyl groups is 1. The zero-order valence-electron chi connectivity index (χ0n) is 14.0. The van der Waals surface area contributed by atoms with E-state index in [2.05, 4.69) is 0 Å². The average Bonchev–Trinajstić information content (AvgIpc) is 3.27. The number of aromatic nitrogens is 2. The van der Waals surface area contributed by atoms with Crippen LogP contribution in [0.1, 0.15) is 18.2 Å². The molecule has 146 valence electrons. The summed E-state index contributed by atoms with van der Waals surface area (Å²) >= 11 is 5.77. The molecule has 2 aromatic rings. The lowest BCUT2D eigenvalue weighted by Crippen LogP contribution is -2.41. The molecule has 0 spiro atoms. The average molecular weight is 409 g/mol. The molecule has 1 aromatic carbocycles. The van der Waals surface area contributed by atoms with Gasteiger partial charge in [0.05, 0.1) is 22.9 Å². The molecule has 1 atom stereocenters. The maximum atomic E-state index is 14.6. The number of rotatable bonds is 3.